The summed E-state index contributed by atoms with van der Waals surface area (Å²) in [4.78, 5) is 32.7. The SMILES string of the molecule is C=CCN(C)C(=O)CC1c2nc(NC(=O)CSC)sc2CC2C(C)(CO)C(O)CCC12C. The molecule has 5 unspecified atom stereocenters. The topological polar surface area (TPSA) is 103 Å². The predicted octanol–water partition coefficient (Wildman–Crippen LogP) is 2.89. The predicted molar refractivity (Wildman–Crippen MR) is 130 cm³/mol. The normalized spacial score (nSPS) is 31.4. The molecule has 0 saturated heterocycles. The van der Waals surface area contributed by atoms with Crippen molar-refractivity contribution in [2.75, 3.05) is 37.5 Å². The van der Waals surface area contributed by atoms with Gasteiger partial charge in [-0.05, 0) is 36.9 Å². The molecule has 0 aromatic carbocycles. The van der Waals surface area contributed by atoms with E-state index in [-0.39, 0.29) is 35.7 Å². The zero-order chi connectivity index (χ0) is 23.7. The zero-order valence-electron chi connectivity index (χ0n) is 19.4. The van der Waals surface area contributed by atoms with Crippen LogP contribution in [0.3, 0.4) is 0 Å². The first-order valence-corrected chi connectivity index (χ1v) is 13.2. The molecule has 0 aliphatic heterocycles. The highest BCUT2D eigenvalue weighted by Gasteiger charge is 2.59. The number of aliphatic hydroxyl groups is 2. The lowest BCUT2D eigenvalue weighted by Crippen LogP contribution is -2.57. The van der Waals surface area contributed by atoms with Crippen LogP contribution in [0.1, 0.15) is 49.6 Å². The maximum absolute atomic E-state index is 13.1. The third kappa shape index (κ3) is 4.49. The Hall–Kier alpha value is -1.42. The Bertz CT molecular complexity index is 875. The lowest BCUT2D eigenvalue weighted by atomic mass is 9.47. The summed E-state index contributed by atoms with van der Waals surface area (Å²) in [7, 11) is 1.77. The number of amides is 2. The Balaban J connectivity index is 2.03. The van der Waals surface area contributed by atoms with E-state index in [0.29, 0.717) is 36.7 Å². The van der Waals surface area contributed by atoms with Crippen molar-refractivity contribution >= 4 is 40.0 Å². The van der Waals surface area contributed by atoms with Gasteiger partial charge < -0.3 is 20.4 Å². The van der Waals surface area contributed by atoms with Gasteiger partial charge in [0.05, 0.1) is 24.2 Å². The van der Waals surface area contributed by atoms with Gasteiger partial charge in [0.2, 0.25) is 11.8 Å². The van der Waals surface area contributed by atoms with Crippen LogP contribution in [0.25, 0.3) is 0 Å². The number of fused-ring (bicyclic) bond motifs is 2. The molecule has 7 nitrogen and oxygen atoms in total. The third-order valence-electron chi connectivity index (χ3n) is 7.62. The fourth-order valence-electron chi connectivity index (χ4n) is 5.61. The largest absolute Gasteiger partial charge is 0.396 e. The molecule has 3 N–H and O–H groups in total. The summed E-state index contributed by atoms with van der Waals surface area (Å²) in [6.07, 6.45) is 5.28. The summed E-state index contributed by atoms with van der Waals surface area (Å²) in [5, 5.41) is 24.6. The number of thioether (sulfide) groups is 1. The number of aromatic nitrogens is 1. The van der Waals surface area contributed by atoms with Crippen LogP contribution in [0.2, 0.25) is 0 Å². The van der Waals surface area contributed by atoms with Crippen molar-refractivity contribution in [3.8, 4) is 0 Å². The lowest BCUT2D eigenvalue weighted by molar-refractivity contribution is -0.146. The smallest absolute Gasteiger partial charge is 0.236 e. The number of hydrogen-bond donors (Lipinski definition) is 3. The summed E-state index contributed by atoms with van der Waals surface area (Å²) >= 11 is 2.90. The number of carbonyl (C=O) groups excluding carboxylic acids is 2. The van der Waals surface area contributed by atoms with Crippen molar-refractivity contribution in [1.82, 2.24) is 9.88 Å². The Morgan fingerprint density at radius 2 is 2.16 bits per heavy atom. The lowest BCUT2D eigenvalue weighted by Gasteiger charge is -2.58. The zero-order valence-corrected chi connectivity index (χ0v) is 21.0. The van der Waals surface area contributed by atoms with Gasteiger partial charge in [-0.15, -0.1) is 17.9 Å². The number of anilines is 1. The van der Waals surface area contributed by atoms with E-state index >= 15 is 0 Å². The molecule has 0 radical (unpaired) electrons. The first-order valence-electron chi connectivity index (χ1n) is 11.0. The molecule has 1 heterocycles. The molecule has 2 amide bonds. The molecule has 1 aromatic heterocycles. The fourth-order valence-corrected chi connectivity index (χ4v) is 7.03. The molecule has 2 aliphatic rings. The standard InChI is InChI=1S/C23H35N3O4S2/c1-6-9-26(4)19(30)10-14-20-15(32-21(25-20)24-18(29)12-31-5)11-16-22(14,2)8-7-17(28)23(16,3)13-27/h6,14,16-17,27-28H,1,7-13H2,2-5H3,(H,24,25,29). The van der Waals surface area contributed by atoms with Gasteiger partial charge in [-0.3, -0.25) is 9.59 Å². The molecule has 1 saturated carbocycles. The number of likely N-dealkylation sites (N-methyl/N-ethyl adjacent to an activating group) is 1. The van der Waals surface area contributed by atoms with Crippen molar-refractivity contribution in [2.45, 2.75) is 51.6 Å². The first kappa shape index (κ1) is 25.2. The average Bonchev–Trinajstić information content (AvgIpc) is 3.14. The number of nitrogens with one attached hydrogen (secondary N) is 1. The van der Waals surface area contributed by atoms with Gasteiger partial charge in [-0.1, -0.05) is 19.9 Å². The Labute approximate surface area is 198 Å². The Morgan fingerprint density at radius 3 is 2.78 bits per heavy atom. The molecule has 9 heteroatoms. The summed E-state index contributed by atoms with van der Waals surface area (Å²) in [6.45, 7) is 8.22. The number of hydrogen-bond acceptors (Lipinski definition) is 7. The molecule has 5 atom stereocenters. The van der Waals surface area contributed by atoms with Crippen LogP contribution in [0.15, 0.2) is 12.7 Å². The minimum Gasteiger partial charge on any atom is -0.396 e. The van der Waals surface area contributed by atoms with E-state index in [1.165, 1.54) is 23.1 Å². The molecule has 1 aromatic rings. The minimum atomic E-state index is -0.661. The van der Waals surface area contributed by atoms with Crippen LogP contribution in [0.5, 0.6) is 0 Å². The molecule has 0 spiro atoms. The number of thiazole rings is 1. The number of nitrogens with zero attached hydrogens (tertiary/aromatic N) is 2. The van der Waals surface area contributed by atoms with E-state index in [2.05, 4.69) is 18.8 Å². The summed E-state index contributed by atoms with van der Waals surface area (Å²) in [6, 6.07) is 0. The van der Waals surface area contributed by atoms with Crippen LogP contribution >= 0.6 is 23.1 Å². The van der Waals surface area contributed by atoms with Crippen LogP contribution < -0.4 is 5.32 Å². The average molecular weight is 482 g/mol. The number of carbonyl (C=O) groups is 2. The second-order valence-corrected chi connectivity index (χ2v) is 11.6. The van der Waals surface area contributed by atoms with Crippen LogP contribution in [-0.2, 0) is 16.0 Å². The van der Waals surface area contributed by atoms with Crippen LogP contribution in [0, 0.1) is 16.7 Å². The summed E-state index contributed by atoms with van der Waals surface area (Å²) in [5.74, 6) is 0.112. The number of aliphatic hydroxyl groups excluding tert-OH is 2. The van der Waals surface area contributed by atoms with Crippen molar-refractivity contribution in [3.05, 3.63) is 23.2 Å². The molecule has 32 heavy (non-hydrogen) atoms. The third-order valence-corrected chi connectivity index (χ3v) is 9.18. The summed E-state index contributed by atoms with van der Waals surface area (Å²) < 4.78 is 0. The monoisotopic (exact) mass is 481 g/mol. The Morgan fingerprint density at radius 1 is 1.44 bits per heavy atom. The molecule has 1 fully saturated rings. The van der Waals surface area contributed by atoms with Gasteiger partial charge in [0.15, 0.2) is 5.13 Å². The van der Waals surface area contributed by atoms with E-state index in [4.69, 9.17) is 4.98 Å². The van der Waals surface area contributed by atoms with Gasteiger partial charge >= 0.3 is 0 Å². The molecule has 2 aliphatic carbocycles. The van der Waals surface area contributed by atoms with E-state index in [9.17, 15) is 19.8 Å². The van der Waals surface area contributed by atoms with Crippen LogP contribution in [-0.4, -0.2) is 70.2 Å². The quantitative estimate of drug-likeness (QED) is 0.494. The maximum atomic E-state index is 13.1. The van der Waals surface area contributed by atoms with Crippen molar-refractivity contribution in [2.24, 2.45) is 16.7 Å². The maximum Gasteiger partial charge on any atom is 0.236 e. The number of rotatable bonds is 8. The van der Waals surface area contributed by atoms with Gasteiger partial charge in [-0.25, -0.2) is 4.98 Å². The highest BCUT2D eigenvalue weighted by molar-refractivity contribution is 7.99. The highest BCUT2D eigenvalue weighted by Crippen LogP contribution is 2.62. The molecule has 0 bridgehead atoms. The molecular formula is C23H35N3O4S2. The van der Waals surface area contributed by atoms with E-state index in [1.807, 2.05) is 13.2 Å². The second kappa shape index (κ2) is 9.83. The second-order valence-electron chi connectivity index (χ2n) is 9.61. The van der Waals surface area contributed by atoms with E-state index in [0.717, 1.165) is 17.0 Å². The molecule has 178 valence electrons. The molecular weight excluding hydrogens is 446 g/mol. The van der Waals surface area contributed by atoms with E-state index in [1.54, 1.807) is 18.0 Å². The highest BCUT2D eigenvalue weighted by atomic mass is 32.2. The fraction of sp³-hybridized carbons (Fsp3) is 0.696. The van der Waals surface area contributed by atoms with Crippen molar-refractivity contribution < 1.29 is 19.8 Å². The molecule has 3 rings (SSSR count). The van der Waals surface area contributed by atoms with Gasteiger partial charge in [0, 0.05) is 36.2 Å². The first-order chi connectivity index (χ1) is 15.1. The van der Waals surface area contributed by atoms with Crippen molar-refractivity contribution in [3.63, 3.8) is 0 Å². The van der Waals surface area contributed by atoms with Gasteiger partial charge in [0.25, 0.3) is 0 Å². The van der Waals surface area contributed by atoms with Gasteiger partial charge in [0.1, 0.15) is 0 Å². The van der Waals surface area contributed by atoms with Gasteiger partial charge in [-0.2, -0.15) is 11.8 Å². The van der Waals surface area contributed by atoms with E-state index < -0.39 is 11.5 Å². The summed E-state index contributed by atoms with van der Waals surface area (Å²) in [5.41, 5.74) is -0.0842. The minimum absolute atomic E-state index is 0.00559. The van der Waals surface area contributed by atoms with Crippen LogP contribution in [0.4, 0.5) is 5.13 Å². The van der Waals surface area contributed by atoms with Crippen molar-refractivity contribution in [1.29, 1.82) is 0 Å². The Kier molecular flexibility index (Phi) is 7.74.